The first-order valence-corrected chi connectivity index (χ1v) is 17.4. The number of benzene rings is 3. The van der Waals surface area contributed by atoms with Gasteiger partial charge in [-0.1, -0.05) is 84.8 Å². The maximum Gasteiger partial charge on any atom is 0.264 e. The van der Waals surface area contributed by atoms with Crippen LogP contribution < -0.4 is 9.62 Å². The van der Waals surface area contributed by atoms with Crippen molar-refractivity contribution in [1.82, 2.24) is 10.2 Å². The SMILES string of the molecule is CC[C@@H](C(=O)NC1CCCCC1)N(Cc1c(Cl)cccc1Cl)C(=O)CN(c1ccc(Cl)cc1C)S(=O)(=O)c1ccc(C)cc1. The largest absolute Gasteiger partial charge is 0.352 e. The number of aryl methyl sites for hydroxylation is 2. The van der Waals surface area contributed by atoms with Gasteiger partial charge >= 0.3 is 0 Å². The maximum absolute atomic E-state index is 14.4. The number of carbonyl (C=O) groups is 2. The van der Waals surface area contributed by atoms with Crippen LogP contribution in [0.1, 0.15) is 62.1 Å². The molecule has 1 atom stereocenters. The first-order valence-electron chi connectivity index (χ1n) is 14.8. The third-order valence-electron chi connectivity index (χ3n) is 8.04. The zero-order chi connectivity index (χ0) is 32.0. The molecule has 2 amide bonds. The van der Waals surface area contributed by atoms with Crippen LogP contribution in [0.25, 0.3) is 0 Å². The number of nitrogens with one attached hydrogen (secondary N) is 1. The predicted molar refractivity (Wildman–Crippen MR) is 178 cm³/mol. The standard InChI is InChI=1S/C33H38Cl3N3O4S/c1-4-30(33(41)37-25-9-6-5-7-10-25)38(20-27-28(35)11-8-12-29(27)36)32(40)21-39(31-18-15-24(34)19-23(31)3)44(42,43)26-16-13-22(2)14-17-26/h8,11-19,25,30H,4-7,9-10,20-21H2,1-3H3,(H,37,41)/t30-/m0/s1. The molecule has 3 aromatic carbocycles. The van der Waals surface area contributed by atoms with Crippen LogP contribution in [-0.4, -0.2) is 43.8 Å². The second-order valence-corrected chi connectivity index (χ2v) is 14.4. The quantitative estimate of drug-likeness (QED) is 0.225. The van der Waals surface area contributed by atoms with Gasteiger partial charge in [-0.3, -0.25) is 13.9 Å². The molecule has 1 aliphatic rings. The Bertz CT molecular complexity index is 1570. The van der Waals surface area contributed by atoms with Gasteiger partial charge in [0.15, 0.2) is 0 Å². The molecule has 0 aliphatic heterocycles. The third kappa shape index (κ3) is 8.08. The van der Waals surface area contributed by atoms with Crippen LogP contribution in [0, 0.1) is 13.8 Å². The average molecular weight is 679 g/mol. The van der Waals surface area contributed by atoms with Crippen molar-refractivity contribution in [2.75, 3.05) is 10.8 Å². The highest BCUT2D eigenvalue weighted by atomic mass is 35.5. The highest BCUT2D eigenvalue weighted by Crippen LogP contribution is 2.31. The minimum Gasteiger partial charge on any atom is -0.352 e. The number of halogens is 3. The summed E-state index contributed by atoms with van der Waals surface area (Å²) in [4.78, 5) is 29.5. The van der Waals surface area contributed by atoms with Crippen molar-refractivity contribution in [2.45, 2.75) is 82.8 Å². The van der Waals surface area contributed by atoms with Gasteiger partial charge in [-0.2, -0.15) is 0 Å². The van der Waals surface area contributed by atoms with Crippen molar-refractivity contribution >= 4 is 62.3 Å². The van der Waals surface area contributed by atoms with E-state index in [1.54, 1.807) is 55.5 Å². The smallest absolute Gasteiger partial charge is 0.264 e. The van der Waals surface area contributed by atoms with Crippen LogP contribution in [0.4, 0.5) is 5.69 Å². The zero-order valence-electron chi connectivity index (χ0n) is 25.2. The second kappa shape index (κ2) is 15.0. The number of carbonyl (C=O) groups excluding carboxylic acids is 2. The molecule has 11 heteroatoms. The van der Waals surface area contributed by atoms with Crippen LogP contribution >= 0.6 is 34.8 Å². The van der Waals surface area contributed by atoms with E-state index in [2.05, 4.69) is 5.32 Å². The fourth-order valence-electron chi connectivity index (χ4n) is 5.57. The Morgan fingerprint density at radius 2 is 1.57 bits per heavy atom. The van der Waals surface area contributed by atoms with E-state index >= 15 is 0 Å². The van der Waals surface area contributed by atoms with Crippen LogP contribution in [0.3, 0.4) is 0 Å². The number of nitrogens with zero attached hydrogens (tertiary/aromatic N) is 2. The Hall–Kier alpha value is -2.78. The van der Waals surface area contributed by atoms with E-state index in [9.17, 15) is 18.0 Å². The lowest BCUT2D eigenvalue weighted by molar-refractivity contribution is -0.140. The molecule has 0 saturated heterocycles. The van der Waals surface area contributed by atoms with Crippen LogP contribution in [-0.2, 0) is 26.2 Å². The maximum atomic E-state index is 14.4. The molecule has 236 valence electrons. The van der Waals surface area contributed by atoms with Crippen LogP contribution in [0.2, 0.25) is 15.1 Å². The van der Waals surface area contributed by atoms with Crippen LogP contribution in [0.15, 0.2) is 65.6 Å². The fourth-order valence-corrected chi connectivity index (χ4v) is 7.79. The number of hydrogen-bond acceptors (Lipinski definition) is 4. The molecule has 44 heavy (non-hydrogen) atoms. The Morgan fingerprint density at radius 3 is 2.16 bits per heavy atom. The number of hydrogen-bond donors (Lipinski definition) is 1. The van der Waals surface area contributed by atoms with Crippen molar-refractivity contribution < 1.29 is 18.0 Å². The molecule has 3 aromatic rings. The van der Waals surface area contributed by atoms with Crippen LogP contribution in [0.5, 0.6) is 0 Å². The van der Waals surface area contributed by atoms with E-state index in [1.165, 1.54) is 17.0 Å². The van der Waals surface area contributed by atoms with Gasteiger partial charge in [0.05, 0.1) is 10.6 Å². The zero-order valence-corrected chi connectivity index (χ0v) is 28.2. The summed E-state index contributed by atoms with van der Waals surface area (Å²) >= 11 is 19.3. The Labute approximate surface area is 275 Å². The molecular formula is C33H38Cl3N3O4S. The van der Waals surface area contributed by atoms with Gasteiger partial charge in [0.25, 0.3) is 10.0 Å². The first-order chi connectivity index (χ1) is 20.9. The summed E-state index contributed by atoms with van der Waals surface area (Å²) in [7, 11) is -4.21. The Morgan fingerprint density at radius 1 is 0.932 bits per heavy atom. The van der Waals surface area contributed by atoms with E-state index in [0.717, 1.165) is 42.0 Å². The molecule has 0 bridgehead atoms. The minimum atomic E-state index is -4.21. The Kier molecular flexibility index (Phi) is 11.6. The number of amides is 2. The molecule has 0 heterocycles. The average Bonchev–Trinajstić information content (AvgIpc) is 2.98. The number of rotatable bonds is 11. The highest BCUT2D eigenvalue weighted by Gasteiger charge is 2.35. The summed E-state index contributed by atoms with van der Waals surface area (Å²) in [6, 6.07) is 15.4. The molecule has 1 saturated carbocycles. The molecule has 1 aliphatic carbocycles. The molecular weight excluding hydrogens is 641 g/mol. The van der Waals surface area contributed by atoms with Crippen molar-refractivity contribution in [3.63, 3.8) is 0 Å². The molecule has 0 aromatic heterocycles. The first kappa shape index (κ1) is 34.1. The van der Waals surface area contributed by atoms with Crippen molar-refractivity contribution in [1.29, 1.82) is 0 Å². The molecule has 4 rings (SSSR count). The van der Waals surface area contributed by atoms with Gasteiger partial charge in [0.1, 0.15) is 12.6 Å². The predicted octanol–water partition coefficient (Wildman–Crippen LogP) is 7.72. The van der Waals surface area contributed by atoms with Gasteiger partial charge in [0, 0.05) is 33.2 Å². The lowest BCUT2D eigenvalue weighted by atomic mass is 9.95. The topological polar surface area (TPSA) is 86.8 Å². The number of sulfonamides is 1. The minimum absolute atomic E-state index is 0.0290. The van der Waals surface area contributed by atoms with Gasteiger partial charge in [-0.05, 0) is 81.1 Å². The van der Waals surface area contributed by atoms with E-state index < -0.39 is 28.5 Å². The Balaban J connectivity index is 1.76. The van der Waals surface area contributed by atoms with E-state index in [1.807, 2.05) is 13.8 Å². The lowest BCUT2D eigenvalue weighted by Gasteiger charge is -2.35. The summed E-state index contributed by atoms with van der Waals surface area (Å²) < 4.78 is 29.4. The summed E-state index contributed by atoms with van der Waals surface area (Å²) in [5.41, 5.74) is 2.25. The normalized spacial score (nSPS) is 14.6. The van der Waals surface area contributed by atoms with E-state index in [0.29, 0.717) is 38.3 Å². The third-order valence-corrected chi connectivity index (χ3v) is 10.8. The summed E-state index contributed by atoms with van der Waals surface area (Å²) in [6.45, 7) is 4.78. The van der Waals surface area contributed by atoms with Crippen molar-refractivity contribution in [2.24, 2.45) is 0 Å². The van der Waals surface area contributed by atoms with Gasteiger partial charge in [0.2, 0.25) is 11.8 Å². The molecule has 1 fully saturated rings. The van der Waals surface area contributed by atoms with E-state index in [-0.39, 0.29) is 23.4 Å². The molecule has 7 nitrogen and oxygen atoms in total. The van der Waals surface area contributed by atoms with Crippen molar-refractivity contribution in [3.8, 4) is 0 Å². The molecule has 0 spiro atoms. The highest BCUT2D eigenvalue weighted by molar-refractivity contribution is 7.92. The van der Waals surface area contributed by atoms with E-state index in [4.69, 9.17) is 34.8 Å². The summed E-state index contributed by atoms with van der Waals surface area (Å²) in [5, 5.41) is 4.26. The number of anilines is 1. The lowest BCUT2D eigenvalue weighted by Crippen LogP contribution is -2.54. The fraction of sp³-hybridized carbons (Fsp3) is 0.394. The molecule has 1 N–H and O–H groups in total. The second-order valence-electron chi connectivity index (χ2n) is 11.2. The monoisotopic (exact) mass is 677 g/mol. The molecule has 0 radical (unpaired) electrons. The van der Waals surface area contributed by atoms with Gasteiger partial charge < -0.3 is 10.2 Å². The molecule has 0 unspecified atom stereocenters. The summed E-state index contributed by atoms with van der Waals surface area (Å²) in [6.07, 6.45) is 5.26. The van der Waals surface area contributed by atoms with Gasteiger partial charge in [-0.25, -0.2) is 8.42 Å². The van der Waals surface area contributed by atoms with Gasteiger partial charge in [-0.15, -0.1) is 0 Å². The van der Waals surface area contributed by atoms with Crippen molar-refractivity contribution in [3.05, 3.63) is 92.4 Å². The summed E-state index contributed by atoms with van der Waals surface area (Å²) in [5.74, 6) is -0.858.